The Kier molecular flexibility index (Phi) is 3.53. The molecule has 2 aromatic rings. The zero-order valence-electron chi connectivity index (χ0n) is 10.7. The third kappa shape index (κ3) is 2.17. The molecule has 0 bridgehead atoms. The first-order valence-corrected chi connectivity index (χ1v) is 5.58. The molecule has 0 fully saturated rings. The summed E-state index contributed by atoms with van der Waals surface area (Å²) in [6, 6.07) is 5.53. The molecule has 1 heterocycles. The normalized spacial score (nSPS) is 10.4. The Morgan fingerprint density at radius 1 is 1.28 bits per heavy atom. The van der Waals surface area contributed by atoms with Crippen molar-refractivity contribution in [2.45, 2.75) is 13.5 Å². The lowest BCUT2D eigenvalue weighted by Gasteiger charge is -2.08. The van der Waals surface area contributed by atoms with Gasteiger partial charge in [0.15, 0.2) is 5.76 Å². The van der Waals surface area contributed by atoms with Gasteiger partial charge in [-0.05, 0) is 19.1 Å². The molecule has 0 saturated carbocycles. The average molecular weight is 248 g/mol. The predicted molar refractivity (Wildman–Crippen MR) is 67.7 cm³/mol. The molecule has 96 valence electrons. The molecular formula is C13H16N2O3. The van der Waals surface area contributed by atoms with E-state index in [1.54, 1.807) is 20.3 Å². The van der Waals surface area contributed by atoms with Crippen molar-refractivity contribution in [3.8, 4) is 22.8 Å². The molecule has 2 rings (SSSR count). The van der Waals surface area contributed by atoms with Gasteiger partial charge in [0.1, 0.15) is 11.5 Å². The second-order valence-electron chi connectivity index (χ2n) is 3.79. The first-order chi connectivity index (χ1) is 8.69. The summed E-state index contributed by atoms with van der Waals surface area (Å²) < 4.78 is 16.1. The first kappa shape index (κ1) is 12.4. The minimum Gasteiger partial charge on any atom is -0.497 e. The fraction of sp³-hybridized carbons (Fsp3) is 0.308. The number of rotatable bonds is 4. The van der Waals surface area contributed by atoms with Gasteiger partial charge in [0.05, 0.1) is 32.0 Å². The van der Waals surface area contributed by atoms with Crippen LogP contribution in [-0.4, -0.2) is 19.2 Å². The quantitative estimate of drug-likeness (QED) is 0.897. The molecule has 0 aliphatic carbocycles. The molecule has 0 aliphatic rings. The van der Waals surface area contributed by atoms with Gasteiger partial charge in [-0.2, -0.15) is 0 Å². The molecule has 1 aromatic heterocycles. The van der Waals surface area contributed by atoms with E-state index < -0.39 is 0 Å². The lowest BCUT2D eigenvalue weighted by molar-refractivity contribution is 0.394. The summed E-state index contributed by atoms with van der Waals surface area (Å²) in [5.74, 6) is 2.60. The van der Waals surface area contributed by atoms with E-state index >= 15 is 0 Å². The number of methoxy groups -OCH3 is 2. The van der Waals surface area contributed by atoms with Crippen LogP contribution in [0.5, 0.6) is 11.5 Å². The smallest absolute Gasteiger partial charge is 0.208 e. The molecule has 1 aromatic carbocycles. The largest absolute Gasteiger partial charge is 0.497 e. The third-order valence-corrected chi connectivity index (χ3v) is 2.67. The van der Waals surface area contributed by atoms with E-state index in [9.17, 15) is 0 Å². The van der Waals surface area contributed by atoms with E-state index in [1.165, 1.54) is 0 Å². The maximum absolute atomic E-state index is 5.61. The maximum Gasteiger partial charge on any atom is 0.208 e. The highest BCUT2D eigenvalue weighted by Gasteiger charge is 2.15. The Balaban J connectivity index is 2.52. The molecule has 0 amide bonds. The van der Waals surface area contributed by atoms with Crippen LogP contribution in [-0.2, 0) is 6.54 Å². The van der Waals surface area contributed by atoms with Crippen LogP contribution in [0.1, 0.15) is 11.6 Å². The zero-order valence-corrected chi connectivity index (χ0v) is 10.7. The summed E-state index contributed by atoms with van der Waals surface area (Å²) in [7, 11) is 3.22. The molecule has 0 radical (unpaired) electrons. The summed E-state index contributed by atoms with van der Waals surface area (Å²) in [6.45, 7) is 2.15. The lowest BCUT2D eigenvalue weighted by atomic mass is 10.1. The van der Waals surface area contributed by atoms with Gasteiger partial charge in [0, 0.05) is 6.07 Å². The van der Waals surface area contributed by atoms with E-state index in [-0.39, 0.29) is 6.54 Å². The number of nitrogens with two attached hydrogens (primary N) is 1. The Morgan fingerprint density at radius 2 is 2.06 bits per heavy atom. The predicted octanol–water partition coefficient (Wildman–Crippen LogP) is 2.13. The van der Waals surface area contributed by atoms with Gasteiger partial charge in [-0.1, -0.05) is 0 Å². The number of aromatic nitrogens is 1. The van der Waals surface area contributed by atoms with Crippen LogP contribution in [0.25, 0.3) is 11.3 Å². The van der Waals surface area contributed by atoms with Crippen molar-refractivity contribution >= 4 is 0 Å². The van der Waals surface area contributed by atoms with Crippen molar-refractivity contribution in [3.63, 3.8) is 0 Å². The van der Waals surface area contributed by atoms with Crippen LogP contribution in [0.3, 0.4) is 0 Å². The van der Waals surface area contributed by atoms with Crippen LogP contribution in [0.4, 0.5) is 0 Å². The molecule has 18 heavy (non-hydrogen) atoms. The van der Waals surface area contributed by atoms with Gasteiger partial charge in [-0.25, -0.2) is 4.98 Å². The van der Waals surface area contributed by atoms with Crippen LogP contribution < -0.4 is 15.2 Å². The molecule has 0 unspecified atom stereocenters. The maximum atomic E-state index is 5.61. The minimum atomic E-state index is 0.277. The van der Waals surface area contributed by atoms with Gasteiger partial charge >= 0.3 is 0 Å². The fourth-order valence-electron chi connectivity index (χ4n) is 1.78. The summed E-state index contributed by atoms with van der Waals surface area (Å²) in [6.07, 6.45) is 0. The zero-order chi connectivity index (χ0) is 13.1. The Morgan fingerprint density at radius 3 is 2.61 bits per heavy atom. The highest BCUT2D eigenvalue weighted by molar-refractivity contribution is 5.68. The minimum absolute atomic E-state index is 0.277. The summed E-state index contributed by atoms with van der Waals surface area (Å²) >= 11 is 0. The van der Waals surface area contributed by atoms with E-state index in [4.69, 9.17) is 19.6 Å². The summed E-state index contributed by atoms with van der Waals surface area (Å²) in [5, 5.41) is 0. The van der Waals surface area contributed by atoms with Crippen molar-refractivity contribution in [2.24, 2.45) is 5.73 Å². The monoisotopic (exact) mass is 248 g/mol. The van der Waals surface area contributed by atoms with Gasteiger partial charge in [0.2, 0.25) is 5.89 Å². The Bertz CT molecular complexity index is 549. The molecule has 0 saturated heterocycles. The average Bonchev–Trinajstić information content (AvgIpc) is 2.79. The van der Waals surface area contributed by atoms with E-state index in [0.717, 1.165) is 17.0 Å². The molecule has 2 N–H and O–H groups in total. The van der Waals surface area contributed by atoms with Crippen molar-refractivity contribution in [1.29, 1.82) is 0 Å². The van der Waals surface area contributed by atoms with Gasteiger partial charge < -0.3 is 19.6 Å². The standard InChI is InChI=1S/C13H16N2O3/c1-8-13(18-12(7-14)15-8)10-5-4-9(16-2)6-11(10)17-3/h4-6H,7,14H2,1-3H3. The molecular weight excluding hydrogens is 232 g/mol. The van der Waals surface area contributed by atoms with Crippen LogP contribution in [0.2, 0.25) is 0 Å². The van der Waals surface area contributed by atoms with Crippen molar-refractivity contribution in [2.75, 3.05) is 14.2 Å². The van der Waals surface area contributed by atoms with Gasteiger partial charge in [-0.3, -0.25) is 0 Å². The number of hydrogen-bond donors (Lipinski definition) is 1. The number of nitrogens with zero attached hydrogens (tertiary/aromatic N) is 1. The topological polar surface area (TPSA) is 70.5 Å². The first-order valence-electron chi connectivity index (χ1n) is 5.58. The van der Waals surface area contributed by atoms with Crippen molar-refractivity contribution in [3.05, 3.63) is 29.8 Å². The van der Waals surface area contributed by atoms with E-state index in [2.05, 4.69) is 4.98 Å². The van der Waals surface area contributed by atoms with Crippen LogP contribution >= 0.6 is 0 Å². The van der Waals surface area contributed by atoms with E-state index in [1.807, 2.05) is 19.1 Å². The van der Waals surface area contributed by atoms with Crippen molar-refractivity contribution in [1.82, 2.24) is 4.98 Å². The van der Waals surface area contributed by atoms with E-state index in [0.29, 0.717) is 17.4 Å². The number of oxazole rings is 1. The van der Waals surface area contributed by atoms with Gasteiger partial charge in [-0.15, -0.1) is 0 Å². The number of aryl methyl sites for hydroxylation is 1. The lowest BCUT2D eigenvalue weighted by Crippen LogP contribution is -1.95. The molecule has 0 atom stereocenters. The summed E-state index contributed by atoms with van der Waals surface area (Å²) in [4.78, 5) is 4.25. The molecule has 5 heteroatoms. The van der Waals surface area contributed by atoms with Crippen LogP contribution in [0.15, 0.2) is 22.6 Å². The number of hydrogen-bond acceptors (Lipinski definition) is 5. The Hall–Kier alpha value is -2.01. The molecule has 0 aliphatic heterocycles. The van der Waals surface area contributed by atoms with Crippen molar-refractivity contribution < 1.29 is 13.9 Å². The van der Waals surface area contributed by atoms with Gasteiger partial charge in [0.25, 0.3) is 0 Å². The molecule has 5 nitrogen and oxygen atoms in total. The number of ether oxygens (including phenoxy) is 2. The van der Waals surface area contributed by atoms with Crippen LogP contribution in [0, 0.1) is 6.92 Å². The highest BCUT2D eigenvalue weighted by Crippen LogP contribution is 2.35. The second kappa shape index (κ2) is 5.10. The SMILES string of the molecule is COc1ccc(-c2oc(CN)nc2C)c(OC)c1. The Labute approximate surface area is 106 Å². The molecule has 0 spiro atoms. The number of benzene rings is 1. The third-order valence-electron chi connectivity index (χ3n) is 2.67. The summed E-state index contributed by atoms with van der Waals surface area (Å²) in [5.41, 5.74) is 7.15. The second-order valence-corrected chi connectivity index (χ2v) is 3.79. The fourth-order valence-corrected chi connectivity index (χ4v) is 1.78. The highest BCUT2D eigenvalue weighted by atomic mass is 16.5.